The Kier molecular flexibility index (Phi) is 3.36. The predicted octanol–water partition coefficient (Wildman–Crippen LogP) is 3.35. The Bertz CT molecular complexity index is 637. The quantitative estimate of drug-likeness (QED) is 0.916. The third-order valence-corrected chi connectivity index (χ3v) is 3.02. The topological polar surface area (TPSA) is 55.1 Å². The molecule has 0 saturated carbocycles. The van der Waals surface area contributed by atoms with Gasteiger partial charge in [-0.2, -0.15) is 18.3 Å². The fraction of sp³-hybridized carbons (Fsp3) is 0.0909. The number of para-hydroxylation sites is 1. The van der Waals surface area contributed by atoms with Crippen molar-refractivity contribution >= 4 is 21.9 Å². The molecule has 2 rings (SSSR count). The molecule has 0 aliphatic carbocycles. The summed E-state index contributed by atoms with van der Waals surface area (Å²) in [6.45, 7) is 0. The van der Waals surface area contributed by atoms with Crippen molar-refractivity contribution in [3.05, 3.63) is 46.2 Å². The fourth-order valence-corrected chi connectivity index (χ4v) is 2.04. The van der Waals surface area contributed by atoms with Crippen LogP contribution in [0.25, 0.3) is 5.69 Å². The normalized spacial score (nSPS) is 11.6. The third kappa shape index (κ3) is 2.48. The molecule has 4 nitrogen and oxygen atoms in total. The van der Waals surface area contributed by atoms with Gasteiger partial charge >= 0.3 is 12.1 Å². The van der Waals surface area contributed by atoms with E-state index >= 15 is 0 Å². The molecule has 0 amide bonds. The van der Waals surface area contributed by atoms with Crippen LogP contribution >= 0.6 is 15.9 Å². The molecule has 100 valence electrons. The zero-order chi connectivity index (χ0) is 14.2. The number of carboxylic acids is 1. The van der Waals surface area contributed by atoms with E-state index < -0.39 is 23.4 Å². The second kappa shape index (κ2) is 4.69. The van der Waals surface area contributed by atoms with Gasteiger partial charge in [0.1, 0.15) is 5.56 Å². The molecule has 1 aromatic heterocycles. The maximum atomic E-state index is 13.0. The van der Waals surface area contributed by atoms with Gasteiger partial charge in [0.2, 0.25) is 0 Å². The second-order valence-electron chi connectivity index (χ2n) is 3.57. The molecular formula is C11H6BrF3N2O2. The zero-order valence-electron chi connectivity index (χ0n) is 9.15. The Hall–Kier alpha value is -1.83. The van der Waals surface area contributed by atoms with E-state index in [-0.39, 0.29) is 5.69 Å². The lowest BCUT2D eigenvalue weighted by Crippen LogP contribution is -2.17. The van der Waals surface area contributed by atoms with Gasteiger partial charge in [-0.05, 0) is 28.1 Å². The molecule has 0 aliphatic heterocycles. The van der Waals surface area contributed by atoms with Crippen molar-refractivity contribution in [2.45, 2.75) is 6.18 Å². The van der Waals surface area contributed by atoms with Gasteiger partial charge in [-0.3, -0.25) is 0 Å². The molecule has 0 radical (unpaired) electrons. The monoisotopic (exact) mass is 334 g/mol. The van der Waals surface area contributed by atoms with E-state index in [0.717, 1.165) is 0 Å². The highest BCUT2D eigenvalue weighted by Crippen LogP contribution is 2.35. The van der Waals surface area contributed by atoms with Crippen LogP contribution in [0.5, 0.6) is 0 Å². The number of hydrogen-bond donors (Lipinski definition) is 1. The first-order valence-corrected chi connectivity index (χ1v) is 5.75. The Morgan fingerprint density at radius 2 is 1.95 bits per heavy atom. The van der Waals surface area contributed by atoms with E-state index in [1.807, 2.05) is 0 Å². The molecule has 0 aliphatic rings. The van der Waals surface area contributed by atoms with Crippen molar-refractivity contribution in [3.8, 4) is 5.69 Å². The van der Waals surface area contributed by atoms with E-state index in [1.54, 1.807) is 6.07 Å². The van der Waals surface area contributed by atoms with Crippen molar-refractivity contribution in [1.82, 2.24) is 9.78 Å². The number of carbonyl (C=O) groups is 1. The van der Waals surface area contributed by atoms with Crippen molar-refractivity contribution in [1.29, 1.82) is 0 Å². The van der Waals surface area contributed by atoms with Crippen LogP contribution in [0.3, 0.4) is 0 Å². The maximum Gasteiger partial charge on any atom is 0.434 e. The van der Waals surface area contributed by atoms with Crippen LogP contribution in [0.1, 0.15) is 16.1 Å². The Labute approximate surface area is 113 Å². The van der Waals surface area contributed by atoms with Crippen molar-refractivity contribution in [2.24, 2.45) is 0 Å². The highest BCUT2D eigenvalue weighted by atomic mass is 79.9. The molecule has 2 aromatic rings. The lowest BCUT2D eigenvalue weighted by Gasteiger charge is -2.12. The maximum absolute atomic E-state index is 13.0. The molecule has 8 heteroatoms. The van der Waals surface area contributed by atoms with Crippen molar-refractivity contribution < 1.29 is 23.1 Å². The zero-order valence-corrected chi connectivity index (χ0v) is 10.7. The summed E-state index contributed by atoms with van der Waals surface area (Å²) in [4.78, 5) is 10.8. The first kappa shape index (κ1) is 13.6. The lowest BCUT2D eigenvalue weighted by atomic mass is 10.2. The van der Waals surface area contributed by atoms with Crippen LogP contribution in [0.15, 0.2) is 34.9 Å². The van der Waals surface area contributed by atoms with Gasteiger partial charge in [-0.25, -0.2) is 9.48 Å². The fourth-order valence-electron chi connectivity index (χ4n) is 1.58. The van der Waals surface area contributed by atoms with Crippen LogP contribution in [0.4, 0.5) is 13.2 Å². The lowest BCUT2D eigenvalue weighted by molar-refractivity contribution is -0.143. The Morgan fingerprint density at radius 1 is 1.32 bits per heavy atom. The van der Waals surface area contributed by atoms with Gasteiger partial charge in [0.25, 0.3) is 0 Å². The Balaban J connectivity index is 2.73. The minimum atomic E-state index is -4.82. The molecule has 1 N–H and O–H groups in total. The first-order valence-electron chi connectivity index (χ1n) is 4.96. The largest absolute Gasteiger partial charge is 0.478 e. The number of rotatable bonds is 2. The summed E-state index contributed by atoms with van der Waals surface area (Å²) in [7, 11) is 0. The van der Waals surface area contributed by atoms with Crippen LogP contribution in [-0.2, 0) is 6.18 Å². The standard InChI is InChI=1S/C11H6BrF3N2O2/c12-7-3-1-2-4-8(7)17-9(11(13,14)15)6(5-16-17)10(18)19/h1-5H,(H,18,19). The predicted molar refractivity (Wildman–Crippen MR) is 63.2 cm³/mol. The van der Waals surface area contributed by atoms with Crippen LogP contribution in [0, 0.1) is 0 Å². The SMILES string of the molecule is O=C(O)c1cnn(-c2ccccc2Br)c1C(F)(F)F. The number of carboxylic acid groups (broad SMARTS) is 1. The van der Waals surface area contributed by atoms with E-state index in [0.29, 0.717) is 15.4 Å². The number of halogens is 4. The second-order valence-corrected chi connectivity index (χ2v) is 4.43. The van der Waals surface area contributed by atoms with Gasteiger partial charge < -0.3 is 5.11 Å². The number of benzene rings is 1. The summed E-state index contributed by atoms with van der Waals surface area (Å²) >= 11 is 3.10. The summed E-state index contributed by atoms with van der Waals surface area (Å²) in [5.41, 5.74) is -2.09. The van der Waals surface area contributed by atoms with Crippen LogP contribution < -0.4 is 0 Å². The summed E-state index contributed by atoms with van der Waals surface area (Å²) in [5.74, 6) is -1.68. The van der Waals surface area contributed by atoms with Crippen molar-refractivity contribution in [3.63, 3.8) is 0 Å². The molecule has 0 atom stereocenters. The molecule has 19 heavy (non-hydrogen) atoms. The average molecular weight is 335 g/mol. The summed E-state index contributed by atoms with van der Waals surface area (Å²) < 4.78 is 39.9. The smallest absolute Gasteiger partial charge is 0.434 e. The first-order chi connectivity index (χ1) is 8.82. The number of alkyl halides is 3. The molecule has 0 bridgehead atoms. The highest BCUT2D eigenvalue weighted by Gasteiger charge is 2.40. The van der Waals surface area contributed by atoms with Crippen LogP contribution in [-0.4, -0.2) is 20.9 Å². The van der Waals surface area contributed by atoms with E-state index in [4.69, 9.17) is 5.11 Å². The molecule has 0 unspecified atom stereocenters. The number of aromatic nitrogens is 2. The molecule has 1 heterocycles. The number of nitrogens with zero attached hydrogens (tertiary/aromatic N) is 2. The van der Waals surface area contributed by atoms with E-state index in [2.05, 4.69) is 21.0 Å². The molecule has 0 saturated heterocycles. The molecule has 1 aromatic carbocycles. The summed E-state index contributed by atoms with van der Waals surface area (Å²) in [5, 5.41) is 12.3. The third-order valence-electron chi connectivity index (χ3n) is 2.35. The van der Waals surface area contributed by atoms with Gasteiger partial charge in [-0.1, -0.05) is 12.1 Å². The van der Waals surface area contributed by atoms with Gasteiger partial charge in [0.05, 0.1) is 11.9 Å². The minimum Gasteiger partial charge on any atom is -0.478 e. The Morgan fingerprint density at radius 3 is 2.47 bits per heavy atom. The highest BCUT2D eigenvalue weighted by molar-refractivity contribution is 9.10. The van der Waals surface area contributed by atoms with E-state index in [9.17, 15) is 18.0 Å². The minimum absolute atomic E-state index is 0.113. The van der Waals surface area contributed by atoms with Gasteiger partial charge in [-0.15, -0.1) is 0 Å². The molecule has 0 spiro atoms. The number of hydrogen-bond acceptors (Lipinski definition) is 2. The summed E-state index contributed by atoms with van der Waals surface area (Å²) in [6, 6.07) is 6.10. The van der Waals surface area contributed by atoms with Crippen molar-refractivity contribution in [2.75, 3.05) is 0 Å². The van der Waals surface area contributed by atoms with E-state index in [1.165, 1.54) is 18.2 Å². The van der Waals surface area contributed by atoms with Gasteiger partial charge in [0.15, 0.2) is 5.69 Å². The molecular weight excluding hydrogens is 329 g/mol. The van der Waals surface area contributed by atoms with Gasteiger partial charge in [0, 0.05) is 4.47 Å². The van der Waals surface area contributed by atoms with Crippen LogP contribution in [0.2, 0.25) is 0 Å². The number of aromatic carboxylic acids is 1. The summed E-state index contributed by atoms with van der Waals surface area (Å²) in [6.07, 6.45) is -4.13. The average Bonchev–Trinajstić information content (AvgIpc) is 2.73. The molecule has 0 fully saturated rings.